The molecule has 0 saturated carbocycles. The summed E-state index contributed by atoms with van der Waals surface area (Å²) in [6.45, 7) is 1.88. The van der Waals surface area contributed by atoms with Crippen molar-refractivity contribution >= 4 is 45.4 Å². The topological polar surface area (TPSA) is 55.7 Å². The van der Waals surface area contributed by atoms with Crippen LogP contribution in [0.1, 0.15) is 12.5 Å². The third-order valence-electron chi connectivity index (χ3n) is 3.84. The average molecular weight is 422 g/mol. The summed E-state index contributed by atoms with van der Waals surface area (Å²) in [5.41, 5.74) is 6.26. The molecule has 0 atom stereocenters. The van der Waals surface area contributed by atoms with E-state index in [-0.39, 0.29) is 0 Å². The lowest BCUT2D eigenvalue weighted by Gasteiger charge is -2.08. The molecular weight excluding hydrogens is 405 g/mol. The van der Waals surface area contributed by atoms with Crippen molar-refractivity contribution in [2.45, 2.75) is 6.92 Å². The number of hydrazone groups is 1. The van der Waals surface area contributed by atoms with Gasteiger partial charge in [0.25, 0.3) is 0 Å². The highest BCUT2D eigenvalue weighted by atomic mass is 35.5. The minimum atomic E-state index is 0.491. The molecule has 1 N–H and O–H groups in total. The largest absolute Gasteiger partial charge is 0.497 e. The number of anilines is 1. The number of nitrogens with one attached hydrogen (secondary N) is 1. The second-order valence-corrected chi connectivity index (χ2v) is 7.21. The minimum absolute atomic E-state index is 0.491. The Bertz CT molecular complexity index is 989. The minimum Gasteiger partial charge on any atom is -0.497 e. The molecule has 3 rings (SSSR count). The van der Waals surface area contributed by atoms with Crippen LogP contribution in [-0.2, 0) is 0 Å². The van der Waals surface area contributed by atoms with Crippen molar-refractivity contribution in [2.24, 2.45) is 5.10 Å². The van der Waals surface area contributed by atoms with Gasteiger partial charge in [0, 0.05) is 10.9 Å². The van der Waals surface area contributed by atoms with Gasteiger partial charge in [-0.3, -0.25) is 5.43 Å². The molecule has 0 amide bonds. The zero-order valence-electron chi connectivity index (χ0n) is 14.9. The van der Waals surface area contributed by atoms with Gasteiger partial charge < -0.3 is 9.47 Å². The van der Waals surface area contributed by atoms with Crippen molar-refractivity contribution in [3.05, 3.63) is 57.4 Å². The number of nitrogens with zero attached hydrogens (tertiary/aromatic N) is 2. The number of hydrogen-bond acceptors (Lipinski definition) is 6. The molecule has 0 aliphatic heterocycles. The first-order valence-electron chi connectivity index (χ1n) is 7.95. The molecule has 0 radical (unpaired) electrons. The summed E-state index contributed by atoms with van der Waals surface area (Å²) >= 11 is 13.5. The number of methoxy groups -OCH3 is 2. The quantitative estimate of drug-likeness (QED) is 0.393. The van der Waals surface area contributed by atoms with Gasteiger partial charge in [-0.05, 0) is 42.8 Å². The lowest BCUT2D eigenvalue weighted by molar-refractivity contribution is 0.404. The summed E-state index contributed by atoms with van der Waals surface area (Å²) in [4.78, 5) is 4.58. The summed E-state index contributed by atoms with van der Waals surface area (Å²) in [6, 6.07) is 11.0. The third-order valence-corrected chi connectivity index (χ3v) is 5.33. The zero-order valence-corrected chi connectivity index (χ0v) is 17.2. The molecule has 0 aliphatic rings. The fraction of sp³-hybridized carbons (Fsp3) is 0.158. The van der Waals surface area contributed by atoms with Crippen LogP contribution in [0.2, 0.25) is 10.0 Å². The van der Waals surface area contributed by atoms with Crippen molar-refractivity contribution in [3.8, 4) is 22.8 Å². The Labute approximate surface area is 171 Å². The van der Waals surface area contributed by atoms with Crippen LogP contribution in [0.3, 0.4) is 0 Å². The van der Waals surface area contributed by atoms with Gasteiger partial charge in [0.05, 0.1) is 35.7 Å². The van der Waals surface area contributed by atoms with Crippen molar-refractivity contribution < 1.29 is 9.47 Å². The molecule has 0 bridgehead atoms. The molecule has 1 aromatic heterocycles. The zero-order chi connectivity index (χ0) is 19.4. The number of halogens is 2. The average Bonchev–Trinajstić information content (AvgIpc) is 3.16. The van der Waals surface area contributed by atoms with E-state index in [2.05, 4.69) is 15.5 Å². The van der Waals surface area contributed by atoms with Gasteiger partial charge in [0.2, 0.25) is 5.13 Å². The number of thiazole rings is 1. The van der Waals surface area contributed by atoms with Crippen LogP contribution in [0.4, 0.5) is 5.13 Å². The Balaban J connectivity index is 1.81. The van der Waals surface area contributed by atoms with Crippen molar-refractivity contribution in [1.29, 1.82) is 0 Å². The summed E-state index contributed by atoms with van der Waals surface area (Å²) in [5, 5.41) is 7.97. The smallest absolute Gasteiger partial charge is 0.203 e. The summed E-state index contributed by atoms with van der Waals surface area (Å²) < 4.78 is 10.7. The van der Waals surface area contributed by atoms with Crippen LogP contribution < -0.4 is 14.9 Å². The standard InChI is InChI=1S/C19H17Cl2N3O2S/c1-11(12-4-6-15(20)16(21)8-12)23-24-19-22-17(10-27-19)14-9-13(25-2)5-7-18(14)26-3/h4-10H,1-3H3,(H,22,24)/b23-11-. The number of benzene rings is 2. The Kier molecular flexibility index (Phi) is 6.21. The van der Waals surface area contributed by atoms with Gasteiger partial charge in [0.1, 0.15) is 11.5 Å². The SMILES string of the molecule is COc1ccc(OC)c(-c2csc(N/N=C(/C)c3ccc(Cl)c(Cl)c3)n2)c1. The summed E-state index contributed by atoms with van der Waals surface area (Å²) in [7, 11) is 3.25. The maximum Gasteiger partial charge on any atom is 0.203 e. The highest BCUT2D eigenvalue weighted by Crippen LogP contribution is 2.35. The van der Waals surface area contributed by atoms with Gasteiger partial charge >= 0.3 is 0 Å². The second kappa shape index (κ2) is 8.61. The Morgan fingerprint density at radius 1 is 1.07 bits per heavy atom. The molecule has 27 heavy (non-hydrogen) atoms. The number of rotatable bonds is 6. The van der Waals surface area contributed by atoms with E-state index in [0.717, 1.165) is 34.0 Å². The van der Waals surface area contributed by atoms with Crippen LogP contribution >= 0.6 is 34.5 Å². The Morgan fingerprint density at radius 2 is 1.89 bits per heavy atom. The van der Waals surface area contributed by atoms with Gasteiger partial charge in [-0.15, -0.1) is 11.3 Å². The van der Waals surface area contributed by atoms with Crippen LogP contribution in [0.15, 0.2) is 46.9 Å². The molecule has 0 aliphatic carbocycles. The van der Waals surface area contributed by atoms with E-state index in [9.17, 15) is 0 Å². The van der Waals surface area contributed by atoms with Crippen LogP contribution in [0, 0.1) is 0 Å². The molecule has 0 saturated heterocycles. The van der Waals surface area contributed by atoms with E-state index in [1.165, 1.54) is 11.3 Å². The van der Waals surface area contributed by atoms with E-state index < -0.39 is 0 Å². The van der Waals surface area contributed by atoms with Crippen LogP contribution in [0.5, 0.6) is 11.5 Å². The monoisotopic (exact) mass is 421 g/mol. The molecule has 1 heterocycles. The predicted molar refractivity (Wildman–Crippen MR) is 113 cm³/mol. The van der Waals surface area contributed by atoms with Gasteiger partial charge in [-0.1, -0.05) is 29.3 Å². The molecular formula is C19H17Cl2N3O2S. The lowest BCUT2D eigenvalue weighted by Crippen LogP contribution is -1.99. The summed E-state index contributed by atoms with van der Waals surface area (Å²) in [6.07, 6.45) is 0. The first-order chi connectivity index (χ1) is 13.0. The molecule has 5 nitrogen and oxygen atoms in total. The van der Waals surface area contributed by atoms with Gasteiger partial charge in [-0.25, -0.2) is 4.98 Å². The van der Waals surface area contributed by atoms with Crippen molar-refractivity contribution in [1.82, 2.24) is 4.98 Å². The second-order valence-electron chi connectivity index (χ2n) is 5.54. The maximum atomic E-state index is 6.06. The van der Waals surface area contributed by atoms with Gasteiger partial charge in [0.15, 0.2) is 0 Å². The molecule has 0 unspecified atom stereocenters. The molecule has 8 heteroatoms. The molecule has 0 fully saturated rings. The van der Waals surface area contributed by atoms with Crippen molar-refractivity contribution in [2.75, 3.05) is 19.6 Å². The number of ether oxygens (including phenoxy) is 2. The maximum absolute atomic E-state index is 6.06. The van der Waals surface area contributed by atoms with E-state index >= 15 is 0 Å². The first-order valence-corrected chi connectivity index (χ1v) is 9.59. The van der Waals surface area contributed by atoms with E-state index in [4.69, 9.17) is 32.7 Å². The van der Waals surface area contributed by atoms with E-state index in [0.29, 0.717) is 15.2 Å². The normalized spacial score (nSPS) is 11.4. The van der Waals surface area contributed by atoms with E-state index in [1.54, 1.807) is 26.4 Å². The van der Waals surface area contributed by atoms with Crippen molar-refractivity contribution in [3.63, 3.8) is 0 Å². The molecule has 3 aromatic rings. The Morgan fingerprint density at radius 3 is 2.59 bits per heavy atom. The number of hydrogen-bond donors (Lipinski definition) is 1. The third kappa shape index (κ3) is 4.53. The summed E-state index contributed by atoms with van der Waals surface area (Å²) in [5.74, 6) is 1.46. The molecule has 2 aromatic carbocycles. The highest BCUT2D eigenvalue weighted by molar-refractivity contribution is 7.14. The van der Waals surface area contributed by atoms with Crippen LogP contribution in [-0.4, -0.2) is 24.9 Å². The van der Waals surface area contributed by atoms with Gasteiger partial charge in [-0.2, -0.15) is 5.10 Å². The fourth-order valence-corrected chi connectivity index (χ4v) is 3.33. The number of aromatic nitrogens is 1. The highest BCUT2D eigenvalue weighted by Gasteiger charge is 2.11. The Hall–Kier alpha value is -2.28. The molecule has 140 valence electrons. The lowest BCUT2D eigenvalue weighted by atomic mass is 10.1. The fourth-order valence-electron chi connectivity index (χ4n) is 2.38. The first kappa shape index (κ1) is 19.5. The van der Waals surface area contributed by atoms with Crippen LogP contribution in [0.25, 0.3) is 11.3 Å². The van der Waals surface area contributed by atoms with E-state index in [1.807, 2.05) is 36.6 Å². The predicted octanol–water partition coefficient (Wildman–Crippen LogP) is 5.97. The molecule has 0 spiro atoms.